The number of nitrogens with zero attached hydrogens (tertiary/aromatic N) is 1. The Bertz CT molecular complexity index is 653. The van der Waals surface area contributed by atoms with E-state index in [0.29, 0.717) is 25.9 Å². The highest BCUT2D eigenvalue weighted by Crippen LogP contribution is 2.32. The summed E-state index contributed by atoms with van der Waals surface area (Å²) in [5.74, 6) is 0. The van der Waals surface area contributed by atoms with E-state index in [4.69, 9.17) is 0 Å². The highest BCUT2D eigenvalue weighted by Gasteiger charge is 2.35. The molecule has 1 aromatic rings. The van der Waals surface area contributed by atoms with E-state index < -0.39 is 21.8 Å². The normalized spacial score (nSPS) is 19.5. The van der Waals surface area contributed by atoms with E-state index in [9.17, 15) is 21.6 Å². The molecule has 23 heavy (non-hydrogen) atoms. The first kappa shape index (κ1) is 18.2. The third-order valence-electron chi connectivity index (χ3n) is 3.97. The van der Waals surface area contributed by atoms with Crippen LogP contribution in [0.15, 0.2) is 23.1 Å². The van der Waals surface area contributed by atoms with Crippen molar-refractivity contribution in [3.63, 3.8) is 0 Å². The van der Waals surface area contributed by atoms with Gasteiger partial charge in [0.2, 0.25) is 10.0 Å². The minimum absolute atomic E-state index is 0.0501. The van der Waals surface area contributed by atoms with Gasteiger partial charge in [-0.1, -0.05) is 6.92 Å². The molecule has 0 saturated carbocycles. The van der Waals surface area contributed by atoms with E-state index in [1.165, 1.54) is 11.2 Å². The van der Waals surface area contributed by atoms with Crippen LogP contribution in [0.5, 0.6) is 0 Å². The van der Waals surface area contributed by atoms with E-state index in [0.717, 1.165) is 24.7 Å². The molecule has 1 aromatic carbocycles. The number of sulfonamides is 1. The van der Waals surface area contributed by atoms with E-state index in [1.807, 2.05) is 6.92 Å². The van der Waals surface area contributed by atoms with Crippen LogP contribution in [0.25, 0.3) is 0 Å². The minimum atomic E-state index is -4.48. The van der Waals surface area contributed by atoms with E-state index in [1.54, 1.807) is 0 Å². The SMILES string of the molecule is CCCN(C1CCNC1)S(=O)(=O)c1ccc(C(F)(F)F)cc1C. The van der Waals surface area contributed by atoms with Gasteiger partial charge in [-0.2, -0.15) is 17.5 Å². The van der Waals surface area contributed by atoms with Gasteiger partial charge in [0.1, 0.15) is 0 Å². The van der Waals surface area contributed by atoms with Crippen LogP contribution in [0.4, 0.5) is 13.2 Å². The second-order valence-corrected chi connectivity index (χ2v) is 7.60. The van der Waals surface area contributed by atoms with E-state index in [2.05, 4.69) is 5.32 Å². The van der Waals surface area contributed by atoms with Crippen LogP contribution in [0.1, 0.15) is 30.9 Å². The number of hydrogen-bond donors (Lipinski definition) is 1. The van der Waals surface area contributed by atoms with Gasteiger partial charge in [0.15, 0.2) is 0 Å². The molecule has 0 bridgehead atoms. The fourth-order valence-corrected chi connectivity index (χ4v) is 4.80. The van der Waals surface area contributed by atoms with Gasteiger partial charge in [-0.25, -0.2) is 8.42 Å². The Hall–Kier alpha value is -1.12. The van der Waals surface area contributed by atoms with Crippen LogP contribution in [-0.2, 0) is 16.2 Å². The topological polar surface area (TPSA) is 49.4 Å². The monoisotopic (exact) mass is 350 g/mol. The van der Waals surface area contributed by atoms with Gasteiger partial charge in [0, 0.05) is 19.1 Å². The number of rotatable bonds is 5. The lowest BCUT2D eigenvalue weighted by Crippen LogP contribution is -2.42. The smallest absolute Gasteiger partial charge is 0.315 e. The third-order valence-corrected chi connectivity index (χ3v) is 6.09. The summed E-state index contributed by atoms with van der Waals surface area (Å²) in [6, 6.07) is 2.64. The van der Waals surface area contributed by atoms with Gasteiger partial charge in [0.05, 0.1) is 10.5 Å². The maximum absolute atomic E-state index is 12.9. The zero-order valence-electron chi connectivity index (χ0n) is 13.2. The molecule has 0 spiro atoms. The Labute approximate surface area is 134 Å². The Balaban J connectivity index is 2.41. The molecule has 1 aliphatic rings. The number of halogens is 3. The molecule has 4 nitrogen and oxygen atoms in total. The zero-order chi connectivity index (χ0) is 17.3. The lowest BCUT2D eigenvalue weighted by atomic mass is 10.1. The number of nitrogens with one attached hydrogen (secondary N) is 1. The van der Waals surface area contributed by atoms with Crippen LogP contribution >= 0.6 is 0 Å². The molecule has 1 fully saturated rings. The van der Waals surface area contributed by atoms with Crippen molar-refractivity contribution in [3.05, 3.63) is 29.3 Å². The van der Waals surface area contributed by atoms with Crippen LogP contribution < -0.4 is 5.32 Å². The van der Waals surface area contributed by atoms with Crippen molar-refractivity contribution in [2.24, 2.45) is 0 Å². The van der Waals surface area contributed by atoms with Crippen molar-refractivity contribution < 1.29 is 21.6 Å². The van der Waals surface area contributed by atoms with Crippen molar-refractivity contribution >= 4 is 10.0 Å². The number of alkyl halides is 3. The second kappa shape index (κ2) is 6.78. The predicted octanol–water partition coefficient (Wildman–Crippen LogP) is 2.78. The van der Waals surface area contributed by atoms with Crippen molar-refractivity contribution in [3.8, 4) is 0 Å². The number of aryl methyl sites for hydroxylation is 1. The van der Waals surface area contributed by atoms with Gasteiger partial charge < -0.3 is 5.32 Å². The maximum Gasteiger partial charge on any atom is 0.416 e. The Morgan fingerprint density at radius 2 is 2.04 bits per heavy atom. The van der Waals surface area contributed by atoms with Gasteiger partial charge >= 0.3 is 6.18 Å². The zero-order valence-corrected chi connectivity index (χ0v) is 14.0. The summed E-state index contributed by atoms with van der Waals surface area (Å²) in [6.07, 6.45) is -3.13. The fourth-order valence-electron chi connectivity index (χ4n) is 2.85. The molecule has 0 amide bonds. The van der Waals surface area contributed by atoms with E-state index in [-0.39, 0.29) is 16.5 Å². The standard InChI is InChI=1S/C15H21F3N2O2S/c1-3-8-20(13-6-7-19-10-13)23(21,22)14-5-4-12(9-11(14)2)15(16,17)18/h4-5,9,13,19H,3,6-8,10H2,1-2H3. The lowest BCUT2D eigenvalue weighted by molar-refractivity contribution is -0.137. The number of benzene rings is 1. The van der Waals surface area contributed by atoms with Gasteiger partial charge in [-0.3, -0.25) is 0 Å². The lowest BCUT2D eigenvalue weighted by Gasteiger charge is -2.28. The molecule has 130 valence electrons. The molecule has 0 radical (unpaired) electrons. The quantitative estimate of drug-likeness (QED) is 0.888. The molecule has 0 aromatic heterocycles. The summed E-state index contributed by atoms with van der Waals surface area (Å²) < 4.78 is 65.5. The first-order valence-corrected chi connectivity index (χ1v) is 9.02. The largest absolute Gasteiger partial charge is 0.416 e. The molecule has 1 atom stereocenters. The molecule has 1 unspecified atom stereocenters. The van der Waals surface area contributed by atoms with Crippen molar-refractivity contribution in [1.82, 2.24) is 9.62 Å². The van der Waals surface area contributed by atoms with Crippen LogP contribution in [0, 0.1) is 6.92 Å². The average molecular weight is 350 g/mol. The molecule has 2 rings (SSSR count). The van der Waals surface area contributed by atoms with Crippen molar-refractivity contribution in [1.29, 1.82) is 0 Å². The molecule has 0 aliphatic carbocycles. The Morgan fingerprint density at radius 1 is 1.35 bits per heavy atom. The van der Waals surface area contributed by atoms with Crippen LogP contribution in [0.3, 0.4) is 0 Å². The molecule has 1 N–H and O–H groups in total. The molecule has 1 heterocycles. The van der Waals surface area contributed by atoms with Gasteiger partial charge in [0.25, 0.3) is 0 Å². The van der Waals surface area contributed by atoms with Crippen molar-refractivity contribution in [2.75, 3.05) is 19.6 Å². The average Bonchev–Trinajstić information content (AvgIpc) is 2.96. The highest BCUT2D eigenvalue weighted by atomic mass is 32.2. The molecular formula is C15H21F3N2O2S. The Kier molecular flexibility index (Phi) is 5.37. The first-order valence-electron chi connectivity index (χ1n) is 7.58. The summed E-state index contributed by atoms with van der Waals surface area (Å²) in [6.45, 7) is 4.95. The molecule has 1 aliphatic heterocycles. The summed E-state index contributed by atoms with van der Waals surface area (Å²) in [4.78, 5) is -0.0501. The molecule has 8 heteroatoms. The maximum atomic E-state index is 12.9. The molecular weight excluding hydrogens is 329 g/mol. The fraction of sp³-hybridized carbons (Fsp3) is 0.600. The first-order chi connectivity index (χ1) is 10.7. The predicted molar refractivity (Wildman–Crippen MR) is 81.6 cm³/mol. The van der Waals surface area contributed by atoms with Crippen molar-refractivity contribution in [2.45, 2.75) is 43.8 Å². The van der Waals surface area contributed by atoms with Gasteiger partial charge in [-0.15, -0.1) is 0 Å². The number of hydrogen-bond acceptors (Lipinski definition) is 3. The van der Waals surface area contributed by atoms with Crippen LogP contribution in [-0.4, -0.2) is 38.4 Å². The Morgan fingerprint density at radius 3 is 2.52 bits per heavy atom. The van der Waals surface area contributed by atoms with Gasteiger partial charge in [-0.05, 0) is 50.1 Å². The summed E-state index contributed by atoms with van der Waals surface area (Å²) in [7, 11) is -3.81. The minimum Gasteiger partial charge on any atom is -0.315 e. The molecule has 1 saturated heterocycles. The van der Waals surface area contributed by atoms with E-state index >= 15 is 0 Å². The highest BCUT2D eigenvalue weighted by molar-refractivity contribution is 7.89. The summed E-state index contributed by atoms with van der Waals surface area (Å²) in [5.41, 5.74) is -0.717. The third kappa shape index (κ3) is 3.87. The van der Waals surface area contributed by atoms with Crippen LogP contribution in [0.2, 0.25) is 0 Å². The summed E-state index contributed by atoms with van der Waals surface area (Å²) in [5, 5.41) is 3.12. The summed E-state index contributed by atoms with van der Waals surface area (Å²) >= 11 is 0. The second-order valence-electron chi connectivity index (χ2n) is 5.74.